The molecule has 1 spiro atoms. The number of benzene rings is 1. The van der Waals surface area contributed by atoms with Gasteiger partial charge in [0.25, 0.3) is 0 Å². The van der Waals surface area contributed by atoms with Gasteiger partial charge in [-0.15, -0.1) is 0 Å². The van der Waals surface area contributed by atoms with E-state index in [0.29, 0.717) is 26.1 Å². The molecule has 8 heteroatoms. The molecular weight excluding hydrogens is 322 g/mol. The van der Waals surface area contributed by atoms with Gasteiger partial charge >= 0.3 is 5.97 Å². The van der Waals surface area contributed by atoms with Crippen LogP contribution in [0.5, 0.6) is 0 Å². The van der Waals surface area contributed by atoms with Crippen LogP contribution in [-0.2, 0) is 24.2 Å². The standard InChI is InChI=1S/C15H19NO6S/c1-20-14(17)12-4-2-3-5-13(12)23(18,19)16-8-6-15(7-9-16)21-10-11-22-15/h2-5H,6-11H2,1H3. The first kappa shape index (κ1) is 16.4. The maximum Gasteiger partial charge on any atom is 0.339 e. The number of nitrogens with zero attached hydrogens (tertiary/aromatic N) is 1. The van der Waals surface area contributed by atoms with Crippen molar-refractivity contribution in [1.82, 2.24) is 4.31 Å². The summed E-state index contributed by atoms with van der Waals surface area (Å²) in [5.74, 6) is -1.31. The van der Waals surface area contributed by atoms with Crippen LogP contribution in [0.25, 0.3) is 0 Å². The van der Waals surface area contributed by atoms with Gasteiger partial charge in [-0.1, -0.05) is 12.1 Å². The summed E-state index contributed by atoms with van der Waals surface area (Å²) in [6.45, 7) is 1.66. The summed E-state index contributed by atoms with van der Waals surface area (Å²) in [5.41, 5.74) is 0.0450. The summed E-state index contributed by atoms with van der Waals surface area (Å²) in [6, 6.07) is 6.08. The maximum absolute atomic E-state index is 12.9. The molecule has 1 aromatic rings. The molecule has 0 unspecified atom stereocenters. The average molecular weight is 341 g/mol. The highest BCUT2D eigenvalue weighted by Gasteiger charge is 2.43. The largest absolute Gasteiger partial charge is 0.465 e. The van der Waals surface area contributed by atoms with Gasteiger partial charge in [0.1, 0.15) is 0 Å². The monoisotopic (exact) mass is 341 g/mol. The molecule has 2 aliphatic heterocycles. The second kappa shape index (κ2) is 6.20. The Labute approximate surface area is 135 Å². The second-order valence-corrected chi connectivity index (χ2v) is 7.41. The SMILES string of the molecule is COC(=O)c1ccccc1S(=O)(=O)N1CCC2(CC1)OCCO2. The molecule has 0 aromatic heterocycles. The van der Waals surface area contributed by atoms with Crippen molar-refractivity contribution in [1.29, 1.82) is 0 Å². The molecule has 23 heavy (non-hydrogen) atoms. The molecule has 0 amide bonds. The third-order valence-electron chi connectivity index (χ3n) is 4.21. The lowest BCUT2D eigenvalue weighted by molar-refractivity contribution is -0.179. The molecule has 0 radical (unpaired) electrons. The lowest BCUT2D eigenvalue weighted by Gasteiger charge is -2.36. The van der Waals surface area contributed by atoms with E-state index in [1.54, 1.807) is 12.1 Å². The molecule has 2 saturated heterocycles. The Hall–Kier alpha value is -1.48. The minimum Gasteiger partial charge on any atom is -0.465 e. The zero-order valence-corrected chi connectivity index (χ0v) is 13.7. The van der Waals surface area contributed by atoms with Crippen LogP contribution in [0.15, 0.2) is 29.2 Å². The first-order valence-corrected chi connectivity index (χ1v) is 8.88. The number of piperidine rings is 1. The molecule has 0 atom stereocenters. The van der Waals surface area contributed by atoms with E-state index in [9.17, 15) is 13.2 Å². The zero-order chi connectivity index (χ0) is 16.5. The van der Waals surface area contributed by atoms with Crippen molar-refractivity contribution in [3.63, 3.8) is 0 Å². The van der Waals surface area contributed by atoms with Gasteiger partial charge in [0.15, 0.2) is 5.79 Å². The molecule has 7 nitrogen and oxygen atoms in total. The first-order valence-electron chi connectivity index (χ1n) is 7.44. The van der Waals surface area contributed by atoms with Crippen molar-refractivity contribution < 1.29 is 27.4 Å². The van der Waals surface area contributed by atoms with Crippen molar-refractivity contribution in [2.45, 2.75) is 23.5 Å². The Morgan fingerprint density at radius 1 is 1.17 bits per heavy atom. The zero-order valence-electron chi connectivity index (χ0n) is 12.9. The molecule has 0 aliphatic carbocycles. The molecular formula is C15H19NO6S. The third kappa shape index (κ3) is 2.99. The number of methoxy groups -OCH3 is 1. The molecule has 2 aliphatic rings. The normalized spacial score (nSPS) is 21.4. The minimum atomic E-state index is -3.77. The lowest BCUT2D eigenvalue weighted by Crippen LogP contribution is -2.47. The smallest absolute Gasteiger partial charge is 0.339 e. The fraction of sp³-hybridized carbons (Fsp3) is 0.533. The van der Waals surface area contributed by atoms with Gasteiger partial charge in [-0.3, -0.25) is 0 Å². The van der Waals surface area contributed by atoms with E-state index in [4.69, 9.17) is 9.47 Å². The highest BCUT2D eigenvalue weighted by atomic mass is 32.2. The maximum atomic E-state index is 12.9. The summed E-state index contributed by atoms with van der Waals surface area (Å²) >= 11 is 0. The van der Waals surface area contributed by atoms with Gasteiger partial charge in [0.05, 0.1) is 30.8 Å². The summed E-state index contributed by atoms with van der Waals surface area (Å²) in [7, 11) is -2.55. The highest BCUT2D eigenvalue weighted by molar-refractivity contribution is 7.89. The van der Waals surface area contributed by atoms with E-state index >= 15 is 0 Å². The van der Waals surface area contributed by atoms with Crippen LogP contribution >= 0.6 is 0 Å². The Morgan fingerprint density at radius 3 is 2.39 bits per heavy atom. The summed E-state index contributed by atoms with van der Waals surface area (Å²) in [4.78, 5) is 11.8. The van der Waals surface area contributed by atoms with Crippen LogP contribution in [0, 0.1) is 0 Å². The molecule has 126 valence electrons. The van der Waals surface area contributed by atoms with E-state index in [2.05, 4.69) is 4.74 Å². The van der Waals surface area contributed by atoms with E-state index in [-0.39, 0.29) is 23.5 Å². The number of ether oxygens (including phenoxy) is 3. The second-order valence-electron chi connectivity index (χ2n) is 5.50. The Bertz CT molecular complexity index is 686. The van der Waals surface area contributed by atoms with Crippen LogP contribution in [0.2, 0.25) is 0 Å². The van der Waals surface area contributed by atoms with Crippen LogP contribution in [-0.4, -0.2) is 57.9 Å². The number of esters is 1. The van der Waals surface area contributed by atoms with Crippen LogP contribution < -0.4 is 0 Å². The van der Waals surface area contributed by atoms with Gasteiger partial charge < -0.3 is 14.2 Å². The van der Waals surface area contributed by atoms with Gasteiger partial charge in [-0.05, 0) is 12.1 Å². The Balaban J connectivity index is 1.84. The molecule has 2 heterocycles. The Kier molecular flexibility index (Phi) is 4.41. The van der Waals surface area contributed by atoms with Crippen LogP contribution in [0.4, 0.5) is 0 Å². The number of carbonyl (C=O) groups excluding carboxylic acids is 1. The summed E-state index contributed by atoms with van der Waals surface area (Å²) in [5, 5.41) is 0. The highest BCUT2D eigenvalue weighted by Crippen LogP contribution is 2.33. The van der Waals surface area contributed by atoms with Crippen LogP contribution in [0.1, 0.15) is 23.2 Å². The molecule has 0 N–H and O–H groups in total. The van der Waals surface area contributed by atoms with Gasteiger partial charge in [0, 0.05) is 25.9 Å². The third-order valence-corrected chi connectivity index (χ3v) is 6.16. The molecule has 0 saturated carbocycles. The van der Waals surface area contributed by atoms with Crippen molar-refractivity contribution in [3.05, 3.63) is 29.8 Å². The summed E-state index contributed by atoms with van der Waals surface area (Å²) < 4.78 is 43.0. The van der Waals surface area contributed by atoms with Crippen molar-refractivity contribution in [2.75, 3.05) is 33.4 Å². The quantitative estimate of drug-likeness (QED) is 0.763. The van der Waals surface area contributed by atoms with Crippen LogP contribution in [0.3, 0.4) is 0 Å². The van der Waals surface area contributed by atoms with E-state index in [1.807, 2.05) is 0 Å². The first-order chi connectivity index (χ1) is 11.0. The predicted molar refractivity (Wildman–Crippen MR) is 80.4 cm³/mol. The van der Waals surface area contributed by atoms with E-state index in [1.165, 1.54) is 23.5 Å². The number of hydrogen-bond donors (Lipinski definition) is 0. The van der Waals surface area contributed by atoms with Crippen molar-refractivity contribution in [3.8, 4) is 0 Å². The average Bonchev–Trinajstić information content (AvgIpc) is 3.02. The molecule has 2 fully saturated rings. The molecule has 3 rings (SSSR count). The summed E-state index contributed by atoms with van der Waals surface area (Å²) in [6.07, 6.45) is 0.958. The molecule has 0 bridgehead atoms. The number of hydrogen-bond acceptors (Lipinski definition) is 6. The minimum absolute atomic E-state index is 0.0314. The topological polar surface area (TPSA) is 82.1 Å². The van der Waals surface area contributed by atoms with Gasteiger partial charge in [0.2, 0.25) is 10.0 Å². The van der Waals surface area contributed by atoms with Crippen molar-refractivity contribution in [2.24, 2.45) is 0 Å². The molecule has 1 aromatic carbocycles. The fourth-order valence-corrected chi connectivity index (χ4v) is 4.58. The van der Waals surface area contributed by atoms with Gasteiger partial charge in [-0.2, -0.15) is 4.31 Å². The Morgan fingerprint density at radius 2 is 1.78 bits per heavy atom. The van der Waals surface area contributed by atoms with E-state index in [0.717, 1.165) is 0 Å². The fourth-order valence-electron chi connectivity index (χ4n) is 2.96. The van der Waals surface area contributed by atoms with E-state index < -0.39 is 21.8 Å². The number of carbonyl (C=O) groups is 1. The van der Waals surface area contributed by atoms with Crippen molar-refractivity contribution >= 4 is 16.0 Å². The van der Waals surface area contributed by atoms with Gasteiger partial charge in [-0.25, -0.2) is 13.2 Å². The predicted octanol–water partition coefficient (Wildman–Crippen LogP) is 1.00. The number of sulfonamides is 1. The number of rotatable bonds is 3. The lowest BCUT2D eigenvalue weighted by atomic mass is 10.1.